The van der Waals surface area contributed by atoms with E-state index in [1.807, 2.05) is 0 Å². The number of halogens is 3. The number of carbonyl (C=O) groups is 2. The van der Waals surface area contributed by atoms with Crippen LogP contribution in [0.3, 0.4) is 0 Å². The maximum Gasteiger partial charge on any atom is 0.416 e. The topological polar surface area (TPSA) is 83.8 Å². The van der Waals surface area contributed by atoms with Crippen LogP contribution in [0.5, 0.6) is 0 Å². The van der Waals surface area contributed by atoms with Gasteiger partial charge in [0.25, 0.3) is 11.6 Å². The number of hydrogen-bond donors (Lipinski definition) is 0. The highest BCUT2D eigenvalue weighted by Crippen LogP contribution is 2.30. The Morgan fingerprint density at radius 3 is 2.17 bits per heavy atom. The molecule has 0 spiro atoms. The molecule has 1 saturated heterocycles. The van der Waals surface area contributed by atoms with Gasteiger partial charge in [-0.2, -0.15) is 13.2 Å². The fourth-order valence-electron chi connectivity index (χ4n) is 3.13. The summed E-state index contributed by atoms with van der Waals surface area (Å²) in [5.74, 6) is -0.923. The molecule has 0 aliphatic carbocycles. The average Bonchev–Trinajstić information content (AvgIpc) is 2.69. The molecule has 2 aromatic rings. The first-order chi connectivity index (χ1) is 13.6. The van der Waals surface area contributed by atoms with E-state index in [9.17, 15) is 32.9 Å². The Morgan fingerprint density at radius 2 is 1.66 bits per heavy atom. The molecular weight excluding hydrogens is 391 g/mol. The summed E-state index contributed by atoms with van der Waals surface area (Å²) >= 11 is 0. The first-order valence-electron chi connectivity index (χ1n) is 8.63. The van der Waals surface area contributed by atoms with Crippen LogP contribution in [0.2, 0.25) is 0 Å². The van der Waals surface area contributed by atoms with Crippen molar-refractivity contribution in [2.24, 2.45) is 0 Å². The number of benzene rings is 2. The molecule has 7 nitrogen and oxygen atoms in total. The van der Waals surface area contributed by atoms with Crippen LogP contribution in [0.4, 0.5) is 24.5 Å². The molecule has 0 aromatic heterocycles. The Morgan fingerprint density at radius 1 is 1.07 bits per heavy atom. The van der Waals surface area contributed by atoms with Gasteiger partial charge in [0.2, 0.25) is 5.91 Å². The highest BCUT2D eigenvalue weighted by molar-refractivity contribution is 6.03. The number of piperazine rings is 1. The van der Waals surface area contributed by atoms with Gasteiger partial charge in [-0.05, 0) is 43.3 Å². The number of nitro benzene ring substituents is 1. The molecular formula is C19H16F3N3O4. The predicted molar refractivity (Wildman–Crippen MR) is 97.4 cm³/mol. The first kappa shape index (κ1) is 20.3. The van der Waals surface area contributed by atoms with E-state index in [0.29, 0.717) is 5.69 Å². The van der Waals surface area contributed by atoms with Crippen molar-refractivity contribution < 1.29 is 27.7 Å². The summed E-state index contributed by atoms with van der Waals surface area (Å²) in [6.45, 7) is 1.86. The van der Waals surface area contributed by atoms with Crippen LogP contribution in [-0.4, -0.2) is 40.8 Å². The van der Waals surface area contributed by atoms with Crippen LogP contribution in [0.25, 0.3) is 0 Å². The van der Waals surface area contributed by atoms with Gasteiger partial charge in [0, 0.05) is 36.5 Å². The van der Waals surface area contributed by atoms with Gasteiger partial charge in [0.05, 0.1) is 10.5 Å². The molecule has 2 aromatic carbocycles. The lowest BCUT2D eigenvalue weighted by atomic mass is 10.1. The molecule has 0 saturated carbocycles. The summed E-state index contributed by atoms with van der Waals surface area (Å²) in [5.41, 5.74) is -0.443. The van der Waals surface area contributed by atoms with Crippen LogP contribution in [0.15, 0.2) is 48.5 Å². The van der Waals surface area contributed by atoms with Crippen LogP contribution in [0, 0.1) is 10.1 Å². The monoisotopic (exact) mass is 407 g/mol. The molecule has 1 atom stereocenters. The number of anilines is 1. The molecule has 1 aliphatic heterocycles. The second kappa shape index (κ2) is 7.53. The smallest absolute Gasteiger partial charge is 0.325 e. The molecule has 0 radical (unpaired) electrons. The molecule has 1 aliphatic rings. The minimum atomic E-state index is -4.50. The summed E-state index contributed by atoms with van der Waals surface area (Å²) in [6.07, 6.45) is -4.50. The number of hydrogen-bond acceptors (Lipinski definition) is 4. The van der Waals surface area contributed by atoms with Crippen molar-refractivity contribution in [3.05, 3.63) is 69.8 Å². The minimum absolute atomic E-state index is 0.0569. The normalized spacial score (nSPS) is 17.4. The number of rotatable bonds is 3. The van der Waals surface area contributed by atoms with Gasteiger partial charge < -0.3 is 9.80 Å². The minimum Gasteiger partial charge on any atom is -0.325 e. The fraction of sp³-hybridized carbons (Fsp3) is 0.263. The molecule has 3 rings (SSSR count). The van der Waals surface area contributed by atoms with Crippen molar-refractivity contribution in [2.45, 2.75) is 19.1 Å². The quantitative estimate of drug-likeness (QED) is 0.576. The standard InChI is InChI=1S/C19H16F3N3O4/c1-12-17(26)24(15-6-8-16(9-7-15)25(28)29)11-10-23(12)18(27)13-2-4-14(5-3-13)19(20,21)22/h2-9,12H,10-11H2,1H3/t12-/m1/s1. The zero-order chi connectivity index (χ0) is 21.3. The van der Waals surface area contributed by atoms with Crippen molar-refractivity contribution in [3.63, 3.8) is 0 Å². The van der Waals surface area contributed by atoms with E-state index in [4.69, 9.17) is 0 Å². The van der Waals surface area contributed by atoms with Crippen LogP contribution < -0.4 is 4.90 Å². The van der Waals surface area contributed by atoms with Gasteiger partial charge in [0.1, 0.15) is 6.04 Å². The summed E-state index contributed by atoms with van der Waals surface area (Å²) in [6, 6.07) is 8.47. The van der Waals surface area contributed by atoms with Crippen molar-refractivity contribution >= 4 is 23.2 Å². The van der Waals surface area contributed by atoms with Crippen molar-refractivity contribution in [1.29, 1.82) is 0 Å². The van der Waals surface area contributed by atoms with Crippen molar-refractivity contribution in [1.82, 2.24) is 4.90 Å². The van der Waals surface area contributed by atoms with Gasteiger partial charge in [0.15, 0.2) is 0 Å². The summed E-state index contributed by atoms with van der Waals surface area (Å²) in [4.78, 5) is 38.3. The lowest BCUT2D eigenvalue weighted by Crippen LogP contribution is -2.57. The van der Waals surface area contributed by atoms with Gasteiger partial charge >= 0.3 is 6.18 Å². The average molecular weight is 407 g/mol. The first-order valence-corrected chi connectivity index (χ1v) is 8.63. The highest BCUT2D eigenvalue weighted by Gasteiger charge is 2.36. The van der Waals surface area contributed by atoms with Gasteiger partial charge in [-0.25, -0.2) is 0 Å². The Hall–Kier alpha value is -3.43. The second-order valence-corrected chi connectivity index (χ2v) is 6.51. The molecule has 0 bridgehead atoms. The van der Waals surface area contributed by atoms with Gasteiger partial charge in [-0.3, -0.25) is 19.7 Å². The Bertz CT molecular complexity index is 943. The van der Waals surface area contributed by atoms with Crippen LogP contribution in [0.1, 0.15) is 22.8 Å². The molecule has 2 amide bonds. The third-order valence-electron chi connectivity index (χ3n) is 4.75. The van der Waals surface area contributed by atoms with Crippen molar-refractivity contribution in [2.75, 3.05) is 18.0 Å². The number of non-ortho nitro benzene ring substituents is 1. The summed E-state index contributed by atoms with van der Waals surface area (Å²) in [5, 5.41) is 10.8. The lowest BCUT2D eigenvalue weighted by molar-refractivity contribution is -0.384. The Kier molecular flexibility index (Phi) is 5.27. The van der Waals surface area contributed by atoms with E-state index in [2.05, 4.69) is 0 Å². The number of carbonyl (C=O) groups excluding carboxylic acids is 2. The van der Waals surface area contributed by atoms with Gasteiger partial charge in [-0.1, -0.05) is 0 Å². The van der Waals surface area contributed by atoms with Crippen molar-refractivity contribution in [3.8, 4) is 0 Å². The van der Waals surface area contributed by atoms with E-state index < -0.39 is 28.6 Å². The zero-order valence-corrected chi connectivity index (χ0v) is 15.2. The third-order valence-corrected chi connectivity index (χ3v) is 4.75. The number of alkyl halides is 3. The molecule has 0 unspecified atom stereocenters. The predicted octanol–water partition coefficient (Wildman–Crippen LogP) is 3.49. The summed E-state index contributed by atoms with van der Waals surface area (Å²) < 4.78 is 38.0. The van der Waals surface area contributed by atoms with E-state index in [1.165, 1.54) is 41.0 Å². The molecule has 29 heavy (non-hydrogen) atoms. The van der Waals surface area contributed by atoms with E-state index in [0.717, 1.165) is 24.3 Å². The maximum atomic E-state index is 12.7. The van der Waals surface area contributed by atoms with Crippen LogP contribution in [-0.2, 0) is 11.0 Å². The molecule has 10 heteroatoms. The fourth-order valence-corrected chi connectivity index (χ4v) is 3.13. The van der Waals surface area contributed by atoms with Crippen LogP contribution >= 0.6 is 0 Å². The molecule has 152 valence electrons. The van der Waals surface area contributed by atoms with E-state index >= 15 is 0 Å². The van der Waals surface area contributed by atoms with E-state index in [-0.39, 0.29) is 30.2 Å². The SMILES string of the molecule is C[C@@H]1C(=O)N(c2ccc([N+](=O)[O-])cc2)CCN1C(=O)c1ccc(C(F)(F)F)cc1. The maximum absolute atomic E-state index is 12.7. The number of amides is 2. The largest absolute Gasteiger partial charge is 0.416 e. The lowest BCUT2D eigenvalue weighted by Gasteiger charge is -2.39. The zero-order valence-electron chi connectivity index (χ0n) is 15.2. The highest BCUT2D eigenvalue weighted by atomic mass is 19.4. The molecule has 1 fully saturated rings. The number of nitro groups is 1. The molecule has 0 N–H and O–H groups in total. The second-order valence-electron chi connectivity index (χ2n) is 6.51. The summed E-state index contributed by atoms with van der Waals surface area (Å²) in [7, 11) is 0. The Balaban J connectivity index is 1.75. The molecule has 1 heterocycles. The third kappa shape index (κ3) is 4.05. The van der Waals surface area contributed by atoms with Gasteiger partial charge in [-0.15, -0.1) is 0 Å². The Labute approximate surface area is 163 Å². The van der Waals surface area contributed by atoms with E-state index in [1.54, 1.807) is 0 Å². The number of nitrogens with zero attached hydrogens (tertiary/aromatic N) is 3.